The van der Waals surface area contributed by atoms with Gasteiger partial charge < -0.3 is 15.2 Å². The first-order chi connectivity index (χ1) is 9.08. The van der Waals surface area contributed by atoms with E-state index < -0.39 is 5.97 Å². The van der Waals surface area contributed by atoms with Crippen molar-refractivity contribution in [2.24, 2.45) is 0 Å². The van der Waals surface area contributed by atoms with Gasteiger partial charge in [0.2, 0.25) is 6.41 Å². The summed E-state index contributed by atoms with van der Waals surface area (Å²) in [5.41, 5.74) is 1.29. The Hall–Kier alpha value is -2.30. The minimum absolute atomic E-state index is 0.184. The van der Waals surface area contributed by atoms with Crippen LogP contribution in [0.15, 0.2) is 23.8 Å². The molecule has 1 aromatic carbocycles. The maximum atomic E-state index is 10.7. The predicted molar refractivity (Wildman–Crippen MR) is 75.3 cm³/mol. The van der Waals surface area contributed by atoms with Crippen molar-refractivity contribution in [3.05, 3.63) is 29.3 Å². The van der Waals surface area contributed by atoms with Gasteiger partial charge in [-0.2, -0.15) is 0 Å². The third-order valence-electron chi connectivity index (χ3n) is 2.18. The molecule has 0 aliphatic rings. The molecule has 5 heteroatoms. The van der Waals surface area contributed by atoms with Gasteiger partial charge in [-0.05, 0) is 30.7 Å². The molecule has 0 atom stereocenters. The van der Waals surface area contributed by atoms with Crippen LogP contribution in [-0.2, 0) is 9.59 Å². The Balaban J connectivity index is 0.00000154. The van der Waals surface area contributed by atoms with E-state index in [0.717, 1.165) is 0 Å². The number of aliphatic carboxylic acids is 1. The smallest absolute Gasteiger partial charge is 0.331 e. The van der Waals surface area contributed by atoms with Crippen LogP contribution in [0, 0.1) is 0 Å². The van der Waals surface area contributed by atoms with Crippen molar-refractivity contribution in [3.8, 4) is 5.75 Å². The fraction of sp³-hybridized carbons (Fsp3) is 0.286. The van der Waals surface area contributed by atoms with Gasteiger partial charge in [0.05, 0.1) is 12.8 Å². The summed E-state index contributed by atoms with van der Waals surface area (Å²) in [5, 5.41) is 11.3. The maximum Gasteiger partial charge on any atom is 0.331 e. The van der Waals surface area contributed by atoms with Crippen molar-refractivity contribution in [3.63, 3.8) is 0 Å². The number of rotatable bonds is 5. The van der Waals surface area contributed by atoms with Gasteiger partial charge >= 0.3 is 5.97 Å². The number of carbonyl (C=O) groups excluding carboxylic acids is 1. The zero-order valence-electron chi connectivity index (χ0n) is 11.6. The molecule has 0 aromatic heterocycles. The van der Waals surface area contributed by atoms with Crippen molar-refractivity contribution >= 4 is 24.1 Å². The number of hydrogen-bond donors (Lipinski definition) is 2. The van der Waals surface area contributed by atoms with Gasteiger partial charge in [-0.3, -0.25) is 4.79 Å². The van der Waals surface area contributed by atoms with Gasteiger partial charge in [0, 0.05) is 11.6 Å². The lowest BCUT2D eigenvalue weighted by Gasteiger charge is -2.07. The topological polar surface area (TPSA) is 75.6 Å². The quantitative estimate of drug-likeness (QED) is 0.634. The molecular formula is C14H19NO4. The molecule has 0 radical (unpaired) electrons. The van der Waals surface area contributed by atoms with Crippen LogP contribution in [0.5, 0.6) is 5.75 Å². The number of methoxy groups -OCH3 is 1. The Kier molecular flexibility index (Phi) is 7.68. The zero-order valence-corrected chi connectivity index (χ0v) is 11.6. The Morgan fingerprint density at radius 1 is 1.37 bits per heavy atom. The van der Waals surface area contributed by atoms with E-state index in [1.165, 1.54) is 20.1 Å². The molecule has 0 unspecified atom stereocenters. The van der Waals surface area contributed by atoms with E-state index in [-0.39, 0.29) is 5.57 Å². The third-order valence-corrected chi connectivity index (χ3v) is 2.18. The minimum atomic E-state index is -1.00. The summed E-state index contributed by atoms with van der Waals surface area (Å²) < 4.78 is 5.02. The van der Waals surface area contributed by atoms with Crippen LogP contribution in [0.25, 0.3) is 6.08 Å². The Morgan fingerprint density at radius 2 is 2.00 bits per heavy atom. The number of amides is 1. The van der Waals surface area contributed by atoms with E-state index in [2.05, 4.69) is 5.32 Å². The van der Waals surface area contributed by atoms with Crippen molar-refractivity contribution in [1.29, 1.82) is 0 Å². The molecule has 0 spiro atoms. The van der Waals surface area contributed by atoms with E-state index in [1.54, 1.807) is 18.2 Å². The summed E-state index contributed by atoms with van der Waals surface area (Å²) >= 11 is 0. The summed E-state index contributed by atoms with van der Waals surface area (Å²) in [4.78, 5) is 21.2. The van der Waals surface area contributed by atoms with Crippen LogP contribution in [0.3, 0.4) is 0 Å². The Morgan fingerprint density at radius 3 is 2.47 bits per heavy atom. The van der Waals surface area contributed by atoms with Crippen LogP contribution in [0.1, 0.15) is 26.3 Å². The summed E-state index contributed by atoms with van der Waals surface area (Å²) in [7, 11) is 1.51. The number of benzene rings is 1. The third kappa shape index (κ3) is 5.25. The molecule has 19 heavy (non-hydrogen) atoms. The van der Waals surface area contributed by atoms with Crippen LogP contribution < -0.4 is 10.1 Å². The summed E-state index contributed by atoms with van der Waals surface area (Å²) in [6.45, 7) is 5.48. The van der Waals surface area contributed by atoms with E-state index >= 15 is 0 Å². The number of hydrogen-bond acceptors (Lipinski definition) is 3. The van der Waals surface area contributed by atoms with Gasteiger partial charge in [0.25, 0.3) is 0 Å². The first-order valence-electron chi connectivity index (χ1n) is 5.88. The second kappa shape index (κ2) is 8.74. The highest BCUT2D eigenvalue weighted by Crippen LogP contribution is 2.24. The van der Waals surface area contributed by atoms with Gasteiger partial charge in [-0.25, -0.2) is 4.79 Å². The fourth-order valence-corrected chi connectivity index (χ4v) is 1.27. The number of carboxylic acids is 1. The number of carboxylic acid groups (broad SMARTS) is 1. The molecule has 5 nitrogen and oxygen atoms in total. The SMILES string of the molecule is CC.COc1ccc(/C=C(\C)C(=O)O)c(NC=O)c1. The molecular weight excluding hydrogens is 246 g/mol. The molecule has 0 heterocycles. The standard InChI is InChI=1S/C12H13NO4.C2H6/c1-8(12(15)16)5-9-3-4-10(17-2)6-11(9)13-7-14;1-2/h3-7H,1-2H3,(H,13,14)(H,15,16);1-2H3/b8-5+;. The first-order valence-corrected chi connectivity index (χ1v) is 5.88. The second-order valence-corrected chi connectivity index (χ2v) is 3.35. The molecule has 0 bridgehead atoms. The van der Waals surface area contributed by atoms with Gasteiger partial charge in [-0.1, -0.05) is 13.8 Å². The molecule has 2 N–H and O–H groups in total. The monoisotopic (exact) mass is 265 g/mol. The highest BCUT2D eigenvalue weighted by Gasteiger charge is 2.05. The summed E-state index contributed by atoms with van der Waals surface area (Å²) in [6, 6.07) is 4.99. The molecule has 1 aromatic rings. The largest absolute Gasteiger partial charge is 0.497 e. The normalized spacial score (nSPS) is 10.0. The molecule has 0 saturated carbocycles. The number of ether oxygens (including phenoxy) is 1. The van der Waals surface area contributed by atoms with Crippen molar-refractivity contribution in [2.75, 3.05) is 12.4 Å². The molecule has 104 valence electrons. The van der Waals surface area contributed by atoms with Crippen molar-refractivity contribution in [2.45, 2.75) is 20.8 Å². The summed E-state index contributed by atoms with van der Waals surface area (Å²) in [5.74, 6) is -0.419. The predicted octanol–water partition coefficient (Wildman–Crippen LogP) is 2.78. The lowest BCUT2D eigenvalue weighted by Crippen LogP contribution is -1.99. The average Bonchev–Trinajstić information content (AvgIpc) is 2.43. The van der Waals surface area contributed by atoms with Crippen molar-refractivity contribution < 1.29 is 19.4 Å². The molecule has 1 rings (SSSR count). The molecule has 0 aliphatic heterocycles. The Labute approximate surface area is 112 Å². The van der Waals surface area contributed by atoms with E-state index in [1.807, 2.05) is 13.8 Å². The van der Waals surface area contributed by atoms with E-state index in [4.69, 9.17) is 9.84 Å². The second-order valence-electron chi connectivity index (χ2n) is 3.35. The fourth-order valence-electron chi connectivity index (χ4n) is 1.27. The lowest BCUT2D eigenvalue weighted by molar-refractivity contribution is -0.132. The van der Waals surface area contributed by atoms with E-state index in [0.29, 0.717) is 23.4 Å². The molecule has 0 fully saturated rings. The van der Waals surface area contributed by atoms with Gasteiger partial charge in [0.1, 0.15) is 5.75 Å². The maximum absolute atomic E-state index is 10.7. The van der Waals surface area contributed by atoms with Crippen LogP contribution in [0.4, 0.5) is 5.69 Å². The first kappa shape index (κ1) is 16.7. The van der Waals surface area contributed by atoms with E-state index in [9.17, 15) is 9.59 Å². The van der Waals surface area contributed by atoms with Crippen LogP contribution in [-0.4, -0.2) is 24.6 Å². The van der Waals surface area contributed by atoms with Crippen LogP contribution in [0.2, 0.25) is 0 Å². The molecule has 0 saturated heterocycles. The lowest BCUT2D eigenvalue weighted by atomic mass is 10.1. The molecule has 0 aliphatic carbocycles. The zero-order chi connectivity index (χ0) is 14.8. The van der Waals surface area contributed by atoms with Crippen LogP contribution >= 0.6 is 0 Å². The van der Waals surface area contributed by atoms with Gasteiger partial charge in [-0.15, -0.1) is 0 Å². The van der Waals surface area contributed by atoms with Gasteiger partial charge in [0.15, 0.2) is 0 Å². The highest BCUT2D eigenvalue weighted by molar-refractivity contribution is 5.93. The number of nitrogens with one attached hydrogen (secondary N) is 1. The summed E-state index contributed by atoms with van der Waals surface area (Å²) in [6.07, 6.45) is 2.01. The number of anilines is 1. The van der Waals surface area contributed by atoms with Crippen molar-refractivity contribution in [1.82, 2.24) is 0 Å². The minimum Gasteiger partial charge on any atom is -0.497 e. The Bertz CT molecular complexity index is 467. The highest BCUT2D eigenvalue weighted by atomic mass is 16.5. The number of carbonyl (C=O) groups is 2. The average molecular weight is 265 g/mol. The molecule has 1 amide bonds.